The third-order valence-corrected chi connectivity index (χ3v) is 6.58. The number of nitrogens with zero attached hydrogens (tertiary/aromatic N) is 5. The average Bonchev–Trinajstić information content (AvgIpc) is 3.46. The Hall–Kier alpha value is -5.26. The molecule has 0 unspecified atom stereocenters. The summed E-state index contributed by atoms with van der Waals surface area (Å²) < 4.78 is 22.4. The summed E-state index contributed by atoms with van der Waals surface area (Å²) in [6.45, 7) is 17.9. The Balaban J connectivity index is 1.75. The van der Waals surface area contributed by atoms with Crippen molar-refractivity contribution >= 4 is 24.1 Å². The van der Waals surface area contributed by atoms with E-state index in [4.69, 9.17) is 23.7 Å². The van der Waals surface area contributed by atoms with E-state index >= 15 is 0 Å². The fraction of sp³-hybridized carbons (Fsp3) is 0.405. The zero-order valence-electron chi connectivity index (χ0n) is 30.1. The molecule has 0 radical (unpaired) electrons. The second-order valence-corrected chi connectivity index (χ2v) is 14.7. The fourth-order valence-electron chi connectivity index (χ4n) is 4.42. The van der Waals surface area contributed by atoms with Gasteiger partial charge in [-0.05, 0) is 74.8 Å². The second-order valence-electron chi connectivity index (χ2n) is 14.7. The summed E-state index contributed by atoms with van der Waals surface area (Å²) in [5, 5.41) is 4.27. The first-order chi connectivity index (χ1) is 22.7. The van der Waals surface area contributed by atoms with Gasteiger partial charge >= 0.3 is 18.3 Å². The summed E-state index contributed by atoms with van der Waals surface area (Å²) in [4.78, 5) is 51.1. The molecule has 0 bridgehead atoms. The molecule has 2 heterocycles. The van der Waals surface area contributed by atoms with Gasteiger partial charge in [-0.3, -0.25) is 0 Å². The number of aromatic nitrogens is 3. The molecule has 12 heteroatoms. The summed E-state index contributed by atoms with van der Waals surface area (Å²) in [5.41, 5.74) is 1.99. The molecule has 0 aliphatic rings. The number of imide groups is 1. The van der Waals surface area contributed by atoms with Crippen LogP contribution >= 0.6 is 0 Å². The van der Waals surface area contributed by atoms with E-state index in [0.29, 0.717) is 17.9 Å². The first kappa shape index (κ1) is 36.6. The maximum absolute atomic E-state index is 13.6. The minimum Gasteiger partial charge on any atom is -0.444 e. The van der Waals surface area contributed by atoms with Crippen LogP contribution in [0, 0.1) is 6.92 Å². The Morgan fingerprint density at radius 1 is 0.714 bits per heavy atom. The van der Waals surface area contributed by atoms with E-state index in [1.54, 1.807) is 54.7 Å². The van der Waals surface area contributed by atoms with Gasteiger partial charge in [-0.1, -0.05) is 59.3 Å². The van der Waals surface area contributed by atoms with Crippen molar-refractivity contribution in [3.8, 4) is 34.0 Å². The van der Waals surface area contributed by atoms with Crippen molar-refractivity contribution in [2.45, 2.75) is 92.6 Å². The van der Waals surface area contributed by atoms with Crippen LogP contribution in [0.15, 0.2) is 65.3 Å². The van der Waals surface area contributed by atoms with Gasteiger partial charge in [0.05, 0.1) is 11.9 Å². The van der Waals surface area contributed by atoms with E-state index in [-0.39, 0.29) is 17.3 Å². The number of rotatable bonds is 6. The molecule has 49 heavy (non-hydrogen) atoms. The first-order valence-electron chi connectivity index (χ1n) is 15.9. The highest BCUT2D eigenvalue weighted by atomic mass is 16.6. The van der Waals surface area contributed by atoms with Crippen LogP contribution in [0.5, 0.6) is 0 Å². The van der Waals surface area contributed by atoms with Crippen LogP contribution in [0.1, 0.15) is 73.4 Å². The molecule has 0 spiro atoms. The van der Waals surface area contributed by atoms with Crippen molar-refractivity contribution in [3.05, 3.63) is 71.9 Å². The largest absolute Gasteiger partial charge is 0.444 e. The molecule has 260 valence electrons. The van der Waals surface area contributed by atoms with Gasteiger partial charge in [0.15, 0.2) is 17.3 Å². The molecule has 0 aliphatic heterocycles. The molecule has 2 aromatic heterocycles. The fourth-order valence-corrected chi connectivity index (χ4v) is 4.42. The Morgan fingerprint density at radius 3 is 1.73 bits per heavy atom. The number of anilines is 1. The molecule has 0 saturated heterocycles. The van der Waals surface area contributed by atoms with Crippen molar-refractivity contribution in [1.29, 1.82) is 0 Å². The van der Waals surface area contributed by atoms with Crippen LogP contribution in [0.3, 0.4) is 0 Å². The number of benzene rings is 2. The van der Waals surface area contributed by atoms with E-state index in [1.807, 2.05) is 76.2 Å². The highest BCUT2D eigenvalue weighted by Crippen LogP contribution is 2.34. The lowest BCUT2D eigenvalue weighted by atomic mass is 10.1. The molecule has 0 saturated carbocycles. The Labute approximate surface area is 287 Å². The minimum absolute atomic E-state index is 0.0733. The molecule has 0 atom stereocenters. The molecule has 0 fully saturated rings. The van der Waals surface area contributed by atoms with Crippen molar-refractivity contribution < 1.29 is 33.1 Å². The smallest absolute Gasteiger partial charge is 0.425 e. The number of hydrogen-bond donors (Lipinski definition) is 0. The number of aryl methyl sites for hydroxylation is 1. The Bertz CT molecular complexity index is 1770. The van der Waals surface area contributed by atoms with Crippen LogP contribution in [-0.4, -0.2) is 62.2 Å². The van der Waals surface area contributed by atoms with Crippen LogP contribution < -0.4 is 4.90 Å². The number of carbonyl (C=O) groups is 3. The molecule has 12 nitrogen and oxygen atoms in total. The van der Waals surface area contributed by atoms with E-state index < -0.39 is 35.1 Å². The second kappa shape index (κ2) is 14.1. The number of carbonyl (C=O) groups excluding carboxylic acids is 3. The van der Waals surface area contributed by atoms with Gasteiger partial charge < -0.3 is 23.6 Å². The third-order valence-electron chi connectivity index (χ3n) is 6.58. The highest BCUT2D eigenvalue weighted by molar-refractivity contribution is 6.10. The van der Waals surface area contributed by atoms with Crippen LogP contribution in [0.2, 0.25) is 0 Å². The monoisotopic (exact) mass is 671 g/mol. The molecule has 0 N–H and O–H groups in total. The SMILES string of the molecule is Cc1ccc(-c2cnc(N(C(=O)OC(C)(C)C)C(=O)OC(C)(C)C)c(-c3cc(-c4ccc(CN(C)C(=O)OC(C)(C)C)cc4)no3)n2)cc1. The summed E-state index contributed by atoms with van der Waals surface area (Å²) in [5.74, 6) is -0.0000886. The lowest BCUT2D eigenvalue weighted by molar-refractivity contribution is 0.0283. The maximum Gasteiger partial charge on any atom is 0.425 e. The van der Waals surface area contributed by atoms with Gasteiger partial charge in [-0.25, -0.2) is 24.4 Å². The lowest BCUT2D eigenvalue weighted by Gasteiger charge is -2.28. The lowest BCUT2D eigenvalue weighted by Crippen LogP contribution is -2.44. The normalized spacial score (nSPS) is 11.9. The molecular weight excluding hydrogens is 626 g/mol. The van der Waals surface area contributed by atoms with Crippen LogP contribution in [-0.2, 0) is 20.8 Å². The predicted octanol–water partition coefficient (Wildman–Crippen LogP) is 8.82. The van der Waals surface area contributed by atoms with Gasteiger partial charge in [-0.2, -0.15) is 4.90 Å². The van der Waals surface area contributed by atoms with E-state index in [9.17, 15) is 14.4 Å². The molecule has 2 aromatic carbocycles. The number of hydrogen-bond acceptors (Lipinski definition) is 10. The van der Waals surface area contributed by atoms with Crippen molar-refractivity contribution in [2.75, 3.05) is 11.9 Å². The molecule has 3 amide bonds. The third kappa shape index (κ3) is 10.1. The van der Waals surface area contributed by atoms with E-state index in [1.165, 1.54) is 11.1 Å². The summed E-state index contributed by atoms with van der Waals surface area (Å²) in [7, 11) is 1.67. The summed E-state index contributed by atoms with van der Waals surface area (Å²) in [6, 6.07) is 16.8. The average molecular weight is 672 g/mol. The molecule has 4 aromatic rings. The standard InChI is InChI=1S/C37H45N5O7/c1-23-12-16-26(17-13-23)28-21-38-31(42(33(44)47-36(5,6)7)34(45)48-37(8,9)10)30(39-28)29-20-27(40-49-29)25-18-14-24(15-19-25)22-41(11)32(43)46-35(2,3)4/h12-21H,22H2,1-11H3. The molecular formula is C37H45N5O7. The Morgan fingerprint density at radius 2 is 1.20 bits per heavy atom. The maximum atomic E-state index is 13.6. The highest BCUT2D eigenvalue weighted by Gasteiger charge is 2.37. The van der Waals surface area contributed by atoms with Crippen LogP contribution in [0.4, 0.5) is 20.2 Å². The van der Waals surface area contributed by atoms with E-state index in [2.05, 4.69) is 10.1 Å². The zero-order chi connectivity index (χ0) is 36.3. The quantitative estimate of drug-likeness (QED) is 0.183. The van der Waals surface area contributed by atoms with Crippen molar-refractivity contribution in [1.82, 2.24) is 20.0 Å². The Kier molecular flexibility index (Phi) is 10.5. The van der Waals surface area contributed by atoms with Crippen molar-refractivity contribution in [2.24, 2.45) is 0 Å². The topological polar surface area (TPSA) is 137 Å². The van der Waals surface area contributed by atoms with E-state index in [0.717, 1.165) is 27.2 Å². The van der Waals surface area contributed by atoms with Crippen molar-refractivity contribution in [3.63, 3.8) is 0 Å². The molecule has 4 rings (SSSR count). The zero-order valence-corrected chi connectivity index (χ0v) is 30.1. The van der Waals surface area contributed by atoms with Gasteiger partial charge in [0.2, 0.25) is 0 Å². The van der Waals surface area contributed by atoms with Gasteiger partial charge in [0.1, 0.15) is 22.5 Å². The first-order valence-corrected chi connectivity index (χ1v) is 15.9. The van der Waals surface area contributed by atoms with Gasteiger partial charge in [0.25, 0.3) is 0 Å². The number of amides is 3. The summed E-state index contributed by atoms with van der Waals surface area (Å²) in [6.07, 6.45) is -0.941. The summed E-state index contributed by atoms with van der Waals surface area (Å²) >= 11 is 0. The van der Waals surface area contributed by atoms with Gasteiger partial charge in [-0.15, -0.1) is 0 Å². The predicted molar refractivity (Wildman–Crippen MR) is 186 cm³/mol. The minimum atomic E-state index is -0.993. The van der Waals surface area contributed by atoms with Gasteiger partial charge in [0, 0.05) is 30.8 Å². The molecule has 0 aliphatic carbocycles. The number of ether oxygens (including phenoxy) is 3. The van der Waals surface area contributed by atoms with Crippen LogP contribution in [0.25, 0.3) is 34.0 Å².